The Labute approximate surface area is 122 Å². The number of carbonyl (C=O) groups is 1. The fraction of sp³-hybridized carbons (Fsp3) is 0.933. The third-order valence-corrected chi connectivity index (χ3v) is 4.53. The van der Waals surface area contributed by atoms with Gasteiger partial charge in [-0.25, -0.2) is 0 Å². The summed E-state index contributed by atoms with van der Waals surface area (Å²) in [5, 5.41) is 3.45. The Morgan fingerprint density at radius 2 is 2.15 bits per heavy atom. The maximum Gasteiger partial charge on any atom is 0.237 e. The quantitative estimate of drug-likeness (QED) is 0.803. The molecule has 5 nitrogen and oxygen atoms in total. The summed E-state index contributed by atoms with van der Waals surface area (Å²) in [5.41, 5.74) is 5.20. The van der Waals surface area contributed by atoms with Crippen LogP contribution in [0, 0.1) is 0 Å². The van der Waals surface area contributed by atoms with E-state index in [1.807, 2.05) is 0 Å². The number of ether oxygens (including phenoxy) is 1. The lowest BCUT2D eigenvalue weighted by Crippen LogP contribution is -2.62. The Kier molecular flexibility index (Phi) is 5.41. The molecule has 116 valence electrons. The van der Waals surface area contributed by atoms with E-state index < -0.39 is 5.54 Å². The molecule has 1 aliphatic carbocycles. The zero-order valence-corrected chi connectivity index (χ0v) is 12.9. The van der Waals surface area contributed by atoms with Crippen LogP contribution in [0.25, 0.3) is 0 Å². The smallest absolute Gasteiger partial charge is 0.237 e. The summed E-state index contributed by atoms with van der Waals surface area (Å²) in [6.07, 6.45) is 5.00. The first-order chi connectivity index (χ1) is 9.53. The first-order valence-corrected chi connectivity index (χ1v) is 7.93. The third-order valence-electron chi connectivity index (χ3n) is 4.53. The van der Waals surface area contributed by atoms with Gasteiger partial charge in [0.25, 0.3) is 0 Å². The normalized spacial score (nSPS) is 33.0. The Morgan fingerprint density at radius 1 is 1.35 bits per heavy atom. The largest absolute Gasteiger partial charge is 0.380 e. The van der Waals surface area contributed by atoms with Gasteiger partial charge in [0.1, 0.15) is 0 Å². The molecule has 0 aromatic rings. The van der Waals surface area contributed by atoms with Crippen molar-refractivity contribution in [3.05, 3.63) is 0 Å². The van der Waals surface area contributed by atoms with E-state index in [0.717, 1.165) is 58.4 Å². The number of nitrogens with one attached hydrogen (secondary N) is 1. The number of rotatable bonds is 4. The summed E-state index contributed by atoms with van der Waals surface area (Å²) < 4.78 is 5.53. The minimum atomic E-state index is -0.524. The molecule has 1 aliphatic heterocycles. The third kappa shape index (κ3) is 3.71. The van der Waals surface area contributed by atoms with Gasteiger partial charge in [-0.1, -0.05) is 0 Å². The van der Waals surface area contributed by atoms with Crippen molar-refractivity contribution < 1.29 is 9.53 Å². The maximum absolute atomic E-state index is 12.0. The average Bonchev–Trinajstić information content (AvgIpc) is 2.66. The predicted molar refractivity (Wildman–Crippen MR) is 79.5 cm³/mol. The van der Waals surface area contributed by atoms with Crippen LogP contribution < -0.4 is 11.1 Å². The van der Waals surface area contributed by atoms with Crippen LogP contribution in [0.3, 0.4) is 0 Å². The van der Waals surface area contributed by atoms with Crippen LogP contribution in [0.1, 0.15) is 46.0 Å². The van der Waals surface area contributed by atoms with Crippen LogP contribution >= 0.6 is 0 Å². The summed E-state index contributed by atoms with van der Waals surface area (Å²) in [6, 6.07) is 0.720. The summed E-state index contributed by atoms with van der Waals surface area (Å²) in [5.74, 6) is -0.193. The van der Waals surface area contributed by atoms with Crippen molar-refractivity contribution in [2.45, 2.75) is 63.6 Å². The van der Waals surface area contributed by atoms with Crippen LogP contribution in [0.15, 0.2) is 0 Å². The van der Waals surface area contributed by atoms with Gasteiger partial charge in [-0.05, 0) is 46.0 Å². The van der Waals surface area contributed by atoms with Gasteiger partial charge >= 0.3 is 0 Å². The topological polar surface area (TPSA) is 67.6 Å². The molecule has 2 fully saturated rings. The monoisotopic (exact) mass is 283 g/mol. The second kappa shape index (κ2) is 6.87. The van der Waals surface area contributed by atoms with Gasteiger partial charge in [0.05, 0.1) is 12.1 Å². The summed E-state index contributed by atoms with van der Waals surface area (Å²) in [7, 11) is 0. The zero-order chi connectivity index (χ0) is 14.6. The first kappa shape index (κ1) is 15.7. The molecule has 2 unspecified atom stereocenters. The molecule has 0 spiro atoms. The number of primary amides is 1. The van der Waals surface area contributed by atoms with Crippen LogP contribution in [-0.2, 0) is 9.53 Å². The summed E-state index contributed by atoms with van der Waals surface area (Å²) >= 11 is 0. The van der Waals surface area contributed by atoms with Crippen molar-refractivity contribution in [3.8, 4) is 0 Å². The van der Waals surface area contributed by atoms with E-state index in [0.29, 0.717) is 6.04 Å². The number of hydrogen-bond acceptors (Lipinski definition) is 4. The van der Waals surface area contributed by atoms with Crippen molar-refractivity contribution in [3.63, 3.8) is 0 Å². The van der Waals surface area contributed by atoms with E-state index in [-0.39, 0.29) is 11.9 Å². The van der Waals surface area contributed by atoms with E-state index in [9.17, 15) is 4.79 Å². The van der Waals surface area contributed by atoms with Crippen molar-refractivity contribution in [2.75, 3.05) is 26.3 Å². The Morgan fingerprint density at radius 3 is 2.85 bits per heavy atom. The Bertz CT molecular complexity index is 327. The first-order valence-electron chi connectivity index (χ1n) is 7.93. The molecule has 2 aliphatic rings. The molecule has 20 heavy (non-hydrogen) atoms. The molecule has 1 amide bonds. The van der Waals surface area contributed by atoms with Gasteiger partial charge in [-0.15, -0.1) is 0 Å². The standard InChI is InChI=1S/C15H29N3O2/c1-12(2)17-15(14(16)19)6-3-5-13(11-15)18-7-4-9-20-10-8-18/h12-13,17H,3-11H2,1-2H3,(H2,16,19). The van der Waals surface area contributed by atoms with Gasteiger partial charge in [-0.2, -0.15) is 0 Å². The molecule has 0 aromatic carbocycles. The van der Waals surface area contributed by atoms with Crippen molar-refractivity contribution in [1.29, 1.82) is 0 Å². The predicted octanol–water partition coefficient (Wildman–Crippen LogP) is 0.873. The van der Waals surface area contributed by atoms with Gasteiger partial charge in [-0.3, -0.25) is 9.69 Å². The second-order valence-electron chi connectivity index (χ2n) is 6.50. The zero-order valence-electron chi connectivity index (χ0n) is 12.9. The molecular weight excluding hydrogens is 254 g/mol. The van der Waals surface area contributed by atoms with Crippen molar-refractivity contribution in [1.82, 2.24) is 10.2 Å². The molecule has 1 saturated heterocycles. The summed E-state index contributed by atoms with van der Waals surface area (Å²) in [6.45, 7) is 7.86. The lowest BCUT2D eigenvalue weighted by molar-refractivity contribution is -0.127. The molecular formula is C15H29N3O2. The number of nitrogens with two attached hydrogens (primary N) is 1. The van der Waals surface area contributed by atoms with E-state index in [2.05, 4.69) is 24.1 Å². The van der Waals surface area contributed by atoms with Crippen LogP contribution in [-0.4, -0.2) is 54.7 Å². The minimum Gasteiger partial charge on any atom is -0.380 e. The molecule has 5 heteroatoms. The van der Waals surface area contributed by atoms with E-state index in [1.54, 1.807) is 0 Å². The highest BCUT2D eigenvalue weighted by Gasteiger charge is 2.43. The molecule has 2 atom stereocenters. The lowest BCUT2D eigenvalue weighted by atomic mass is 9.77. The minimum absolute atomic E-state index is 0.193. The molecule has 0 radical (unpaired) electrons. The van der Waals surface area contributed by atoms with Gasteiger partial charge in [0.2, 0.25) is 5.91 Å². The number of hydrogen-bond donors (Lipinski definition) is 2. The van der Waals surface area contributed by atoms with Gasteiger partial charge in [0.15, 0.2) is 0 Å². The van der Waals surface area contributed by atoms with E-state index in [4.69, 9.17) is 10.5 Å². The highest BCUT2D eigenvalue weighted by Crippen LogP contribution is 2.32. The fourth-order valence-electron chi connectivity index (χ4n) is 3.67. The van der Waals surface area contributed by atoms with Crippen LogP contribution in [0.4, 0.5) is 0 Å². The SMILES string of the molecule is CC(C)NC1(C(N)=O)CCCC(N2CCCOCC2)C1. The van der Waals surface area contributed by atoms with Gasteiger partial charge < -0.3 is 15.8 Å². The average molecular weight is 283 g/mol. The molecule has 1 heterocycles. The Balaban J connectivity index is 2.06. The summed E-state index contributed by atoms with van der Waals surface area (Å²) in [4.78, 5) is 14.5. The highest BCUT2D eigenvalue weighted by atomic mass is 16.5. The molecule has 3 N–H and O–H groups in total. The molecule has 1 saturated carbocycles. The van der Waals surface area contributed by atoms with Gasteiger partial charge in [0, 0.05) is 31.8 Å². The Hall–Kier alpha value is -0.650. The lowest BCUT2D eigenvalue weighted by Gasteiger charge is -2.44. The highest BCUT2D eigenvalue weighted by molar-refractivity contribution is 5.85. The number of amides is 1. The molecule has 0 bridgehead atoms. The number of carbonyl (C=O) groups excluding carboxylic acids is 1. The second-order valence-corrected chi connectivity index (χ2v) is 6.50. The molecule has 2 rings (SSSR count). The van der Waals surface area contributed by atoms with E-state index >= 15 is 0 Å². The fourth-order valence-corrected chi connectivity index (χ4v) is 3.67. The van der Waals surface area contributed by atoms with E-state index in [1.165, 1.54) is 0 Å². The van der Waals surface area contributed by atoms with Crippen molar-refractivity contribution in [2.24, 2.45) is 5.73 Å². The van der Waals surface area contributed by atoms with Crippen LogP contribution in [0.5, 0.6) is 0 Å². The van der Waals surface area contributed by atoms with Crippen molar-refractivity contribution >= 4 is 5.91 Å². The maximum atomic E-state index is 12.0. The molecule has 0 aromatic heterocycles. The number of nitrogens with zero attached hydrogens (tertiary/aromatic N) is 1. The van der Waals surface area contributed by atoms with Crippen LogP contribution in [0.2, 0.25) is 0 Å².